The molecule has 7 heteroatoms. The minimum atomic E-state index is -0.0255. The van der Waals surface area contributed by atoms with E-state index in [1.54, 1.807) is 29.2 Å². The van der Waals surface area contributed by atoms with E-state index < -0.39 is 0 Å². The molecule has 0 atom stereocenters. The van der Waals surface area contributed by atoms with Gasteiger partial charge >= 0.3 is 0 Å². The number of pyridine rings is 1. The zero-order chi connectivity index (χ0) is 19.6. The molecule has 150 valence electrons. The Balaban J connectivity index is 1.18. The molecule has 3 aromatic heterocycles. The second-order valence-electron chi connectivity index (χ2n) is 8.13. The molecule has 5 rings (SSSR count). The van der Waals surface area contributed by atoms with Gasteiger partial charge in [-0.25, -0.2) is 9.67 Å². The van der Waals surface area contributed by atoms with Crippen LogP contribution >= 0.6 is 11.3 Å². The Morgan fingerprint density at radius 3 is 2.59 bits per heavy atom. The van der Waals surface area contributed by atoms with Gasteiger partial charge in [0.05, 0.1) is 10.7 Å². The molecule has 0 unspecified atom stereocenters. The number of thiazole rings is 1. The standard InChI is InChI=1S/C22H25N5OS/c28-21-4-3-20(17-5-9-23-10-6-17)25-27(21)14-16-7-11-26(12-8-16)15-19-13-24-22(29-19)18-1-2-18/h3-6,9-10,13,16,18H,1-2,7-8,11-12,14-15H2. The summed E-state index contributed by atoms with van der Waals surface area (Å²) in [5, 5.41) is 5.93. The fourth-order valence-corrected chi connectivity index (χ4v) is 5.09. The van der Waals surface area contributed by atoms with E-state index >= 15 is 0 Å². The summed E-state index contributed by atoms with van der Waals surface area (Å²) in [4.78, 5) is 24.9. The number of likely N-dealkylation sites (tertiary alicyclic amines) is 1. The number of aromatic nitrogens is 4. The van der Waals surface area contributed by atoms with E-state index in [-0.39, 0.29) is 5.56 Å². The molecule has 1 aliphatic heterocycles. The number of hydrogen-bond donors (Lipinski definition) is 0. The summed E-state index contributed by atoms with van der Waals surface area (Å²) in [7, 11) is 0. The maximum atomic E-state index is 12.3. The van der Waals surface area contributed by atoms with Gasteiger partial charge in [0.1, 0.15) is 0 Å². The van der Waals surface area contributed by atoms with E-state index in [1.807, 2.05) is 23.5 Å². The van der Waals surface area contributed by atoms with Crippen LogP contribution in [0.2, 0.25) is 0 Å². The molecule has 29 heavy (non-hydrogen) atoms. The number of rotatable bonds is 6. The predicted octanol–water partition coefficient (Wildman–Crippen LogP) is 3.55. The summed E-state index contributed by atoms with van der Waals surface area (Å²) >= 11 is 1.89. The van der Waals surface area contributed by atoms with Crippen LogP contribution in [0.3, 0.4) is 0 Å². The molecule has 0 amide bonds. The summed E-state index contributed by atoms with van der Waals surface area (Å²) in [6.07, 6.45) is 10.4. The lowest BCUT2D eigenvalue weighted by Gasteiger charge is -2.31. The molecule has 2 aliphatic rings. The van der Waals surface area contributed by atoms with Crippen LogP contribution in [0, 0.1) is 5.92 Å². The first-order valence-corrected chi connectivity index (χ1v) is 11.2. The zero-order valence-electron chi connectivity index (χ0n) is 16.4. The largest absolute Gasteiger partial charge is 0.298 e. The smallest absolute Gasteiger partial charge is 0.266 e. The average molecular weight is 408 g/mol. The topological polar surface area (TPSA) is 63.9 Å². The van der Waals surface area contributed by atoms with E-state index in [1.165, 1.54) is 22.7 Å². The number of hydrogen-bond acceptors (Lipinski definition) is 6. The number of nitrogens with zero attached hydrogens (tertiary/aromatic N) is 5. The van der Waals surface area contributed by atoms with Gasteiger partial charge in [0.15, 0.2) is 0 Å². The highest BCUT2D eigenvalue weighted by Gasteiger charge is 2.27. The van der Waals surface area contributed by atoms with Gasteiger partial charge in [-0.05, 0) is 62.9 Å². The first-order valence-electron chi connectivity index (χ1n) is 10.4. The Labute approximate surface area is 174 Å². The van der Waals surface area contributed by atoms with Crippen LogP contribution in [0.15, 0.2) is 47.7 Å². The van der Waals surface area contributed by atoms with Gasteiger partial charge in [-0.1, -0.05) is 0 Å². The molecular formula is C22H25N5OS. The third-order valence-electron chi connectivity index (χ3n) is 5.86. The van der Waals surface area contributed by atoms with Crippen molar-refractivity contribution in [1.82, 2.24) is 24.6 Å². The van der Waals surface area contributed by atoms with Crippen LogP contribution in [0.5, 0.6) is 0 Å². The molecule has 4 heterocycles. The van der Waals surface area contributed by atoms with E-state index in [0.717, 1.165) is 49.7 Å². The third kappa shape index (κ3) is 4.46. The third-order valence-corrected chi connectivity index (χ3v) is 7.00. The highest BCUT2D eigenvalue weighted by Crippen LogP contribution is 2.42. The zero-order valence-corrected chi connectivity index (χ0v) is 17.2. The van der Waals surface area contributed by atoms with Gasteiger partial charge < -0.3 is 0 Å². The van der Waals surface area contributed by atoms with Crippen molar-refractivity contribution in [1.29, 1.82) is 0 Å². The van der Waals surface area contributed by atoms with Crippen molar-refractivity contribution in [2.24, 2.45) is 5.92 Å². The summed E-state index contributed by atoms with van der Waals surface area (Å²) in [5.41, 5.74) is 1.78. The van der Waals surface area contributed by atoms with Gasteiger partial charge in [-0.3, -0.25) is 14.7 Å². The quantitative estimate of drug-likeness (QED) is 0.625. The van der Waals surface area contributed by atoms with Gasteiger partial charge in [-0.15, -0.1) is 11.3 Å². The molecule has 6 nitrogen and oxygen atoms in total. The molecule has 0 N–H and O–H groups in total. The lowest BCUT2D eigenvalue weighted by molar-refractivity contribution is 0.164. The van der Waals surface area contributed by atoms with E-state index in [9.17, 15) is 4.79 Å². The van der Waals surface area contributed by atoms with Crippen molar-refractivity contribution in [3.63, 3.8) is 0 Å². The minimum absolute atomic E-state index is 0.0255. The van der Waals surface area contributed by atoms with Crippen LogP contribution in [-0.2, 0) is 13.1 Å². The molecule has 1 saturated heterocycles. The molecule has 2 fully saturated rings. The van der Waals surface area contributed by atoms with Crippen molar-refractivity contribution in [3.8, 4) is 11.3 Å². The molecule has 0 radical (unpaired) electrons. The van der Waals surface area contributed by atoms with E-state index in [0.29, 0.717) is 12.5 Å². The van der Waals surface area contributed by atoms with Gasteiger partial charge in [0.2, 0.25) is 0 Å². The van der Waals surface area contributed by atoms with Crippen LogP contribution in [-0.4, -0.2) is 37.7 Å². The Kier molecular flexibility index (Phi) is 5.24. The first-order chi connectivity index (χ1) is 14.2. The van der Waals surface area contributed by atoms with E-state index in [4.69, 9.17) is 0 Å². The lowest BCUT2D eigenvalue weighted by Crippen LogP contribution is -2.36. The highest BCUT2D eigenvalue weighted by molar-refractivity contribution is 7.11. The van der Waals surface area contributed by atoms with Crippen LogP contribution in [0.4, 0.5) is 0 Å². The van der Waals surface area contributed by atoms with Gasteiger partial charge in [0.25, 0.3) is 5.56 Å². The monoisotopic (exact) mass is 407 g/mol. The van der Waals surface area contributed by atoms with Crippen molar-refractivity contribution >= 4 is 11.3 Å². The molecule has 1 aliphatic carbocycles. The van der Waals surface area contributed by atoms with Crippen LogP contribution < -0.4 is 5.56 Å². The maximum Gasteiger partial charge on any atom is 0.266 e. The average Bonchev–Trinajstić information content (AvgIpc) is 3.51. The molecule has 1 saturated carbocycles. The Bertz CT molecular complexity index is 1020. The second-order valence-corrected chi connectivity index (χ2v) is 9.28. The fraction of sp³-hybridized carbons (Fsp3) is 0.455. The lowest BCUT2D eigenvalue weighted by atomic mass is 9.97. The van der Waals surface area contributed by atoms with Gasteiger partial charge in [-0.2, -0.15) is 5.10 Å². The fourth-order valence-electron chi connectivity index (χ4n) is 3.96. The van der Waals surface area contributed by atoms with Crippen molar-refractivity contribution < 1.29 is 0 Å². The molecule has 0 bridgehead atoms. The van der Waals surface area contributed by atoms with Crippen LogP contribution in [0.25, 0.3) is 11.3 Å². The minimum Gasteiger partial charge on any atom is -0.298 e. The SMILES string of the molecule is O=c1ccc(-c2ccncc2)nn1CC1CCN(Cc2cnc(C3CC3)s2)CC1. The van der Waals surface area contributed by atoms with Crippen molar-refractivity contribution in [2.45, 2.75) is 44.7 Å². The molecular weight excluding hydrogens is 382 g/mol. The predicted molar refractivity (Wildman–Crippen MR) is 114 cm³/mol. The summed E-state index contributed by atoms with van der Waals surface area (Å²) in [6, 6.07) is 7.26. The highest BCUT2D eigenvalue weighted by atomic mass is 32.1. The first kappa shape index (κ1) is 18.6. The van der Waals surface area contributed by atoms with Crippen molar-refractivity contribution in [3.05, 3.63) is 63.1 Å². The molecule has 3 aromatic rings. The van der Waals surface area contributed by atoms with E-state index in [2.05, 4.69) is 26.2 Å². The number of piperidine rings is 1. The molecule has 0 spiro atoms. The summed E-state index contributed by atoms with van der Waals surface area (Å²) < 4.78 is 1.64. The Morgan fingerprint density at radius 1 is 1.03 bits per heavy atom. The van der Waals surface area contributed by atoms with Crippen molar-refractivity contribution in [2.75, 3.05) is 13.1 Å². The molecule has 0 aromatic carbocycles. The van der Waals surface area contributed by atoms with Gasteiger partial charge in [0, 0.05) is 54.1 Å². The maximum absolute atomic E-state index is 12.3. The summed E-state index contributed by atoms with van der Waals surface area (Å²) in [5.74, 6) is 1.24. The Morgan fingerprint density at radius 2 is 1.83 bits per heavy atom. The Hall–Kier alpha value is -2.38. The second kappa shape index (κ2) is 8.16. The summed E-state index contributed by atoms with van der Waals surface area (Å²) in [6.45, 7) is 3.84. The van der Waals surface area contributed by atoms with Crippen LogP contribution in [0.1, 0.15) is 41.5 Å². The normalized spacial score (nSPS) is 18.2.